The van der Waals surface area contributed by atoms with Crippen LogP contribution in [-0.4, -0.2) is 15.9 Å². The van der Waals surface area contributed by atoms with Gasteiger partial charge in [-0.25, -0.2) is 9.97 Å². The molecule has 4 heteroatoms. The molecule has 4 nitrogen and oxygen atoms in total. The van der Waals surface area contributed by atoms with Crippen molar-refractivity contribution in [1.82, 2.24) is 9.97 Å². The van der Waals surface area contributed by atoms with Crippen molar-refractivity contribution >= 4 is 28.8 Å². The van der Waals surface area contributed by atoms with Crippen LogP contribution in [-0.2, 0) is 4.79 Å². The zero-order valence-corrected chi connectivity index (χ0v) is 12.2. The molecule has 1 N–H and O–H groups in total. The Morgan fingerprint density at radius 3 is 2.59 bits per heavy atom. The van der Waals surface area contributed by atoms with Gasteiger partial charge in [0.1, 0.15) is 5.82 Å². The van der Waals surface area contributed by atoms with Crippen LogP contribution in [0.25, 0.3) is 17.1 Å². The van der Waals surface area contributed by atoms with E-state index in [4.69, 9.17) is 0 Å². The van der Waals surface area contributed by atoms with Crippen LogP contribution in [0.3, 0.4) is 0 Å². The van der Waals surface area contributed by atoms with E-state index < -0.39 is 0 Å². The molecule has 3 rings (SSSR count). The molecule has 0 unspecified atom stereocenters. The Morgan fingerprint density at radius 1 is 1.00 bits per heavy atom. The van der Waals surface area contributed by atoms with Crippen LogP contribution in [0.5, 0.6) is 0 Å². The van der Waals surface area contributed by atoms with Crippen LogP contribution in [0.1, 0.15) is 11.3 Å². The van der Waals surface area contributed by atoms with E-state index in [2.05, 4.69) is 15.3 Å². The first kappa shape index (κ1) is 13.9. The molecule has 0 aliphatic carbocycles. The van der Waals surface area contributed by atoms with Crippen molar-refractivity contribution in [3.63, 3.8) is 0 Å². The Morgan fingerprint density at radius 2 is 1.77 bits per heavy atom. The molecule has 1 amide bonds. The minimum atomic E-state index is -0.219. The number of hydrogen-bond acceptors (Lipinski definition) is 3. The molecule has 2 heterocycles. The fourth-order valence-electron chi connectivity index (χ4n) is 2.07. The maximum atomic E-state index is 11.9. The van der Waals surface area contributed by atoms with E-state index in [9.17, 15) is 4.79 Å². The Balaban J connectivity index is 1.75. The lowest BCUT2D eigenvalue weighted by molar-refractivity contribution is -0.111. The maximum absolute atomic E-state index is 11.9. The Labute approximate surface area is 128 Å². The van der Waals surface area contributed by atoms with Gasteiger partial charge in [0, 0.05) is 17.2 Å². The summed E-state index contributed by atoms with van der Waals surface area (Å²) in [6.45, 7) is 1.91. The fourth-order valence-corrected chi connectivity index (χ4v) is 2.07. The molecule has 2 aromatic heterocycles. The number of nitrogens with zero attached hydrogens (tertiary/aromatic N) is 2. The number of nitrogens with one attached hydrogen (secondary N) is 1. The lowest BCUT2D eigenvalue weighted by Gasteiger charge is -2.03. The van der Waals surface area contributed by atoms with Crippen molar-refractivity contribution in [2.45, 2.75) is 6.92 Å². The second kappa shape index (κ2) is 6.18. The average Bonchev–Trinajstić information content (AvgIpc) is 2.53. The van der Waals surface area contributed by atoms with Gasteiger partial charge in [0.15, 0.2) is 5.65 Å². The van der Waals surface area contributed by atoms with Gasteiger partial charge < -0.3 is 5.32 Å². The number of carbonyl (C=O) groups excluding carboxylic acids is 1. The van der Waals surface area contributed by atoms with E-state index in [0.717, 1.165) is 16.6 Å². The average molecular weight is 289 g/mol. The highest BCUT2D eigenvalue weighted by Crippen LogP contribution is 2.14. The molecule has 0 aliphatic rings. The van der Waals surface area contributed by atoms with Crippen LogP contribution in [0.4, 0.5) is 5.82 Å². The number of aromatic nitrogens is 2. The van der Waals surface area contributed by atoms with Crippen molar-refractivity contribution in [2.24, 2.45) is 0 Å². The number of rotatable bonds is 3. The summed E-state index contributed by atoms with van der Waals surface area (Å²) in [7, 11) is 0. The van der Waals surface area contributed by atoms with Crippen LogP contribution in [0.15, 0.2) is 60.7 Å². The molecule has 1 aromatic carbocycles. The highest BCUT2D eigenvalue weighted by atomic mass is 16.1. The third-order valence-corrected chi connectivity index (χ3v) is 3.17. The molecule has 108 valence electrons. The molecular weight excluding hydrogens is 274 g/mol. The first-order valence-corrected chi connectivity index (χ1v) is 6.99. The minimum Gasteiger partial charge on any atom is -0.307 e. The van der Waals surface area contributed by atoms with Crippen LogP contribution in [0, 0.1) is 6.92 Å². The number of pyridine rings is 2. The maximum Gasteiger partial charge on any atom is 0.249 e. The summed E-state index contributed by atoms with van der Waals surface area (Å²) < 4.78 is 0. The van der Waals surface area contributed by atoms with E-state index in [0.29, 0.717) is 11.5 Å². The second-order valence-electron chi connectivity index (χ2n) is 4.93. The zero-order valence-electron chi connectivity index (χ0n) is 12.2. The van der Waals surface area contributed by atoms with E-state index in [-0.39, 0.29) is 5.91 Å². The minimum absolute atomic E-state index is 0.219. The zero-order chi connectivity index (χ0) is 15.4. The van der Waals surface area contributed by atoms with Gasteiger partial charge in [-0.05, 0) is 42.8 Å². The van der Waals surface area contributed by atoms with E-state index in [1.54, 1.807) is 12.1 Å². The summed E-state index contributed by atoms with van der Waals surface area (Å²) in [6, 6.07) is 17.2. The molecular formula is C18H15N3O. The monoisotopic (exact) mass is 289 g/mol. The summed E-state index contributed by atoms with van der Waals surface area (Å²) in [5.41, 5.74) is 2.50. The second-order valence-corrected chi connectivity index (χ2v) is 4.93. The third kappa shape index (κ3) is 3.35. The molecule has 0 atom stereocenters. The van der Waals surface area contributed by atoms with Gasteiger partial charge in [-0.3, -0.25) is 4.79 Å². The first-order chi connectivity index (χ1) is 10.7. The number of fused-ring (bicyclic) bond motifs is 1. The topological polar surface area (TPSA) is 54.9 Å². The van der Waals surface area contributed by atoms with Gasteiger partial charge in [-0.1, -0.05) is 30.3 Å². The van der Waals surface area contributed by atoms with Gasteiger partial charge >= 0.3 is 0 Å². The summed E-state index contributed by atoms with van der Waals surface area (Å²) in [5.74, 6) is 0.275. The first-order valence-electron chi connectivity index (χ1n) is 6.99. The van der Waals surface area contributed by atoms with Gasteiger partial charge in [0.2, 0.25) is 5.91 Å². The lowest BCUT2D eigenvalue weighted by atomic mass is 10.2. The van der Waals surface area contributed by atoms with Gasteiger partial charge in [-0.2, -0.15) is 0 Å². The number of amides is 1. The fraction of sp³-hybridized carbons (Fsp3) is 0.0556. The number of hydrogen-bond donors (Lipinski definition) is 1. The standard InChI is InChI=1S/C18H15N3O/c1-13-7-9-15-10-11-16(21-18(15)19-13)20-17(22)12-8-14-5-3-2-4-6-14/h2-12H,1H3,(H,19,20,21,22)/b12-8+. The Bertz CT molecular complexity index is 841. The van der Waals surface area contributed by atoms with Gasteiger partial charge in [-0.15, -0.1) is 0 Å². The normalized spacial score (nSPS) is 11.0. The third-order valence-electron chi connectivity index (χ3n) is 3.17. The summed E-state index contributed by atoms with van der Waals surface area (Å²) >= 11 is 0. The lowest BCUT2D eigenvalue weighted by Crippen LogP contribution is -2.09. The smallest absolute Gasteiger partial charge is 0.249 e. The van der Waals surface area contributed by atoms with Crippen molar-refractivity contribution in [1.29, 1.82) is 0 Å². The van der Waals surface area contributed by atoms with Crippen LogP contribution < -0.4 is 5.32 Å². The molecule has 0 spiro atoms. The Kier molecular flexibility index (Phi) is 3.92. The predicted octanol–water partition coefficient (Wildman–Crippen LogP) is 3.59. The largest absolute Gasteiger partial charge is 0.307 e. The molecule has 0 radical (unpaired) electrons. The molecule has 0 fully saturated rings. The van der Waals surface area contributed by atoms with Crippen LogP contribution >= 0.6 is 0 Å². The molecule has 0 saturated heterocycles. The number of carbonyl (C=O) groups is 1. The highest BCUT2D eigenvalue weighted by molar-refractivity contribution is 6.01. The molecule has 0 bridgehead atoms. The number of aryl methyl sites for hydroxylation is 1. The van der Waals surface area contributed by atoms with E-state index >= 15 is 0 Å². The highest BCUT2D eigenvalue weighted by Gasteiger charge is 2.02. The summed E-state index contributed by atoms with van der Waals surface area (Å²) in [6.07, 6.45) is 3.25. The number of anilines is 1. The quantitative estimate of drug-likeness (QED) is 0.750. The van der Waals surface area contributed by atoms with E-state index in [1.807, 2.05) is 55.5 Å². The molecule has 0 aliphatic heterocycles. The van der Waals surface area contributed by atoms with Crippen molar-refractivity contribution < 1.29 is 4.79 Å². The van der Waals surface area contributed by atoms with E-state index in [1.165, 1.54) is 6.08 Å². The van der Waals surface area contributed by atoms with Crippen LogP contribution in [0.2, 0.25) is 0 Å². The number of benzene rings is 1. The molecule has 22 heavy (non-hydrogen) atoms. The van der Waals surface area contributed by atoms with Crippen molar-refractivity contribution in [3.8, 4) is 0 Å². The van der Waals surface area contributed by atoms with Crippen molar-refractivity contribution in [3.05, 3.63) is 71.9 Å². The summed E-state index contributed by atoms with van der Waals surface area (Å²) in [5, 5.41) is 3.69. The molecule has 0 saturated carbocycles. The molecule has 3 aromatic rings. The van der Waals surface area contributed by atoms with Crippen molar-refractivity contribution in [2.75, 3.05) is 5.32 Å². The van der Waals surface area contributed by atoms with Gasteiger partial charge in [0.05, 0.1) is 0 Å². The predicted molar refractivity (Wildman–Crippen MR) is 88.4 cm³/mol. The Hall–Kier alpha value is -3.01. The summed E-state index contributed by atoms with van der Waals surface area (Å²) in [4.78, 5) is 20.6. The SMILES string of the molecule is Cc1ccc2ccc(NC(=O)/C=C/c3ccccc3)nc2n1. The van der Waals surface area contributed by atoms with Gasteiger partial charge in [0.25, 0.3) is 0 Å².